The molecule has 0 radical (unpaired) electrons. The van der Waals surface area contributed by atoms with Gasteiger partial charge >= 0.3 is 0 Å². The lowest BCUT2D eigenvalue weighted by Gasteiger charge is -2.23. The van der Waals surface area contributed by atoms with E-state index in [0.29, 0.717) is 17.3 Å². The fraction of sp³-hybridized carbons (Fsp3) is 0.714. The second-order valence-electron chi connectivity index (χ2n) is 3.52. The Morgan fingerprint density at radius 1 is 1.77 bits per heavy atom. The summed E-state index contributed by atoms with van der Waals surface area (Å²) in [5.41, 5.74) is 5.57. The molecule has 1 aliphatic rings. The third-order valence-corrected chi connectivity index (χ3v) is 2.71. The lowest BCUT2D eigenvalue weighted by atomic mass is 10.0. The average Bonchev–Trinajstić information content (AvgIpc) is 2.60. The molecular weight excluding hydrogens is 188 g/mol. The molecule has 72 valence electrons. The number of ether oxygens (including phenoxy) is 1. The van der Waals surface area contributed by atoms with E-state index in [2.05, 4.69) is 17.1 Å². The molecule has 3 N–H and O–H groups in total. The fourth-order valence-corrected chi connectivity index (χ4v) is 2.02. The first kappa shape index (κ1) is 8.71. The first-order chi connectivity index (χ1) is 6.13. The van der Waals surface area contributed by atoms with Crippen molar-refractivity contribution in [2.24, 2.45) is 0 Å². The number of hydrogen-bond acceptors (Lipinski definition) is 4. The SMILES string of the molecule is CC1(n2c(N)n[nH]c2=S)CCOC1. The molecule has 1 aromatic heterocycles. The van der Waals surface area contributed by atoms with Crippen LogP contribution in [0.3, 0.4) is 0 Å². The van der Waals surface area contributed by atoms with E-state index in [9.17, 15) is 0 Å². The van der Waals surface area contributed by atoms with E-state index in [0.717, 1.165) is 13.0 Å². The highest BCUT2D eigenvalue weighted by molar-refractivity contribution is 7.71. The molecule has 13 heavy (non-hydrogen) atoms. The molecule has 0 saturated carbocycles. The molecule has 2 heterocycles. The van der Waals surface area contributed by atoms with E-state index >= 15 is 0 Å². The molecule has 0 spiro atoms. The molecule has 1 saturated heterocycles. The number of nitrogens with one attached hydrogen (secondary N) is 1. The molecule has 0 amide bonds. The summed E-state index contributed by atoms with van der Waals surface area (Å²) >= 11 is 5.09. The first-order valence-electron chi connectivity index (χ1n) is 4.15. The van der Waals surface area contributed by atoms with Crippen molar-refractivity contribution < 1.29 is 4.74 Å². The molecule has 1 fully saturated rings. The maximum absolute atomic E-state index is 5.70. The maximum Gasteiger partial charge on any atom is 0.221 e. The Bertz CT molecular complexity index is 363. The molecule has 0 bridgehead atoms. The highest BCUT2D eigenvalue weighted by Crippen LogP contribution is 2.28. The number of H-pyrrole nitrogens is 1. The van der Waals surface area contributed by atoms with Crippen molar-refractivity contribution in [1.29, 1.82) is 0 Å². The smallest absolute Gasteiger partial charge is 0.221 e. The predicted molar refractivity (Wildman–Crippen MR) is 50.9 cm³/mol. The molecule has 1 atom stereocenters. The van der Waals surface area contributed by atoms with Crippen LogP contribution in [0.15, 0.2) is 0 Å². The van der Waals surface area contributed by atoms with E-state index in [1.165, 1.54) is 0 Å². The number of aromatic amines is 1. The Morgan fingerprint density at radius 3 is 3.00 bits per heavy atom. The Morgan fingerprint density at radius 2 is 2.54 bits per heavy atom. The standard InChI is InChI=1S/C7H12N4OS/c1-7(2-3-12-4-7)11-5(8)9-10-6(11)13/h2-4H2,1H3,(H2,8,9)(H,10,13). The summed E-state index contributed by atoms with van der Waals surface area (Å²) in [5.74, 6) is 0.429. The molecule has 0 aromatic carbocycles. The van der Waals surface area contributed by atoms with Gasteiger partial charge < -0.3 is 10.5 Å². The van der Waals surface area contributed by atoms with Crippen molar-refractivity contribution in [2.75, 3.05) is 18.9 Å². The van der Waals surface area contributed by atoms with Crippen LogP contribution in [0.4, 0.5) is 5.95 Å². The average molecular weight is 200 g/mol. The Balaban J connectivity index is 2.49. The third-order valence-electron chi connectivity index (χ3n) is 2.44. The number of rotatable bonds is 1. The topological polar surface area (TPSA) is 68.9 Å². The van der Waals surface area contributed by atoms with Crippen molar-refractivity contribution in [3.05, 3.63) is 4.77 Å². The number of nitrogen functional groups attached to an aromatic ring is 1. The van der Waals surface area contributed by atoms with E-state index in [-0.39, 0.29) is 5.54 Å². The van der Waals surface area contributed by atoms with Crippen LogP contribution in [0.2, 0.25) is 0 Å². The van der Waals surface area contributed by atoms with Crippen LogP contribution >= 0.6 is 12.2 Å². The van der Waals surface area contributed by atoms with E-state index in [1.54, 1.807) is 0 Å². The lowest BCUT2D eigenvalue weighted by Crippen LogP contribution is -2.31. The van der Waals surface area contributed by atoms with E-state index < -0.39 is 0 Å². The minimum atomic E-state index is -0.131. The summed E-state index contributed by atoms with van der Waals surface area (Å²) in [4.78, 5) is 0. The van der Waals surface area contributed by atoms with Crippen LogP contribution in [-0.2, 0) is 10.3 Å². The first-order valence-corrected chi connectivity index (χ1v) is 4.55. The summed E-state index contributed by atoms with van der Waals surface area (Å²) in [6.45, 7) is 3.47. The Kier molecular flexibility index (Phi) is 1.88. The van der Waals surface area contributed by atoms with Crippen molar-refractivity contribution in [3.8, 4) is 0 Å². The van der Waals surface area contributed by atoms with E-state index in [1.807, 2.05) is 4.57 Å². The van der Waals surface area contributed by atoms with Crippen molar-refractivity contribution in [1.82, 2.24) is 14.8 Å². The number of nitrogens with two attached hydrogens (primary N) is 1. The zero-order valence-corrected chi connectivity index (χ0v) is 8.23. The molecule has 1 aromatic rings. The zero-order valence-electron chi connectivity index (χ0n) is 7.41. The molecule has 1 unspecified atom stereocenters. The largest absolute Gasteiger partial charge is 0.379 e. The summed E-state index contributed by atoms with van der Waals surface area (Å²) in [7, 11) is 0. The molecule has 1 aliphatic heterocycles. The van der Waals surface area contributed by atoms with Gasteiger partial charge in [0.15, 0.2) is 4.77 Å². The van der Waals surface area contributed by atoms with Crippen LogP contribution in [0, 0.1) is 4.77 Å². The van der Waals surface area contributed by atoms with Gasteiger partial charge in [-0.25, -0.2) is 5.10 Å². The molecule has 5 nitrogen and oxygen atoms in total. The highest BCUT2D eigenvalue weighted by atomic mass is 32.1. The monoisotopic (exact) mass is 200 g/mol. The number of aromatic nitrogens is 3. The quantitative estimate of drug-likeness (QED) is 0.653. The summed E-state index contributed by atoms with van der Waals surface area (Å²) in [6.07, 6.45) is 0.922. The minimum Gasteiger partial charge on any atom is -0.379 e. The van der Waals surface area contributed by atoms with Crippen LogP contribution in [0.25, 0.3) is 0 Å². The van der Waals surface area contributed by atoms with Gasteiger partial charge in [-0.2, -0.15) is 0 Å². The van der Waals surface area contributed by atoms with Crippen LogP contribution in [0.5, 0.6) is 0 Å². The predicted octanol–water partition coefficient (Wildman–Crippen LogP) is 0.658. The van der Waals surface area contributed by atoms with Gasteiger partial charge in [-0.15, -0.1) is 5.10 Å². The maximum atomic E-state index is 5.70. The molecular formula is C7H12N4OS. The van der Waals surface area contributed by atoms with Gasteiger partial charge in [0.05, 0.1) is 12.1 Å². The van der Waals surface area contributed by atoms with Gasteiger partial charge in [0.25, 0.3) is 0 Å². The minimum absolute atomic E-state index is 0.131. The molecule has 6 heteroatoms. The summed E-state index contributed by atoms with van der Waals surface area (Å²) in [5, 5.41) is 6.55. The van der Waals surface area contributed by atoms with Gasteiger partial charge in [0, 0.05) is 6.61 Å². The van der Waals surface area contributed by atoms with Gasteiger partial charge in [-0.3, -0.25) is 4.57 Å². The molecule has 0 aliphatic carbocycles. The van der Waals surface area contributed by atoms with E-state index in [4.69, 9.17) is 22.7 Å². The Hall–Kier alpha value is -0.880. The number of anilines is 1. The van der Waals surface area contributed by atoms with Gasteiger partial charge in [0.1, 0.15) is 0 Å². The summed E-state index contributed by atoms with van der Waals surface area (Å²) < 4.78 is 7.72. The second kappa shape index (κ2) is 2.81. The molecule has 2 rings (SSSR count). The van der Waals surface area contributed by atoms with Crippen LogP contribution < -0.4 is 5.73 Å². The highest BCUT2D eigenvalue weighted by Gasteiger charge is 2.33. The Labute approximate surface area is 80.9 Å². The summed E-state index contributed by atoms with van der Waals surface area (Å²) in [6, 6.07) is 0. The second-order valence-corrected chi connectivity index (χ2v) is 3.91. The fourth-order valence-electron chi connectivity index (χ4n) is 1.66. The van der Waals surface area contributed by atoms with Crippen molar-refractivity contribution in [3.63, 3.8) is 0 Å². The van der Waals surface area contributed by atoms with Gasteiger partial charge in [-0.1, -0.05) is 0 Å². The van der Waals surface area contributed by atoms with Crippen molar-refractivity contribution in [2.45, 2.75) is 18.9 Å². The van der Waals surface area contributed by atoms with Crippen molar-refractivity contribution >= 4 is 18.2 Å². The lowest BCUT2D eigenvalue weighted by molar-refractivity contribution is 0.162. The van der Waals surface area contributed by atoms with Gasteiger partial charge in [-0.05, 0) is 25.6 Å². The normalized spacial score (nSPS) is 28.1. The third kappa shape index (κ3) is 1.26. The number of hydrogen-bond donors (Lipinski definition) is 2. The van der Waals surface area contributed by atoms with Crippen LogP contribution in [0.1, 0.15) is 13.3 Å². The zero-order chi connectivity index (χ0) is 9.47. The number of nitrogens with zero attached hydrogens (tertiary/aromatic N) is 2. The van der Waals surface area contributed by atoms with Gasteiger partial charge in [0.2, 0.25) is 5.95 Å². The van der Waals surface area contributed by atoms with Crippen LogP contribution in [-0.4, -0.2) is 28.0 Å².